The molecule has 0 spiro atoms. The number of fused-ring (bicyclic) bond motifs is 1. The fraction of sp³-hybridized carbons (Fsp3) is 0.286. The Hall–Kier alpha value is -2.79. The van der Waals surface area contributed by atoms with E-state index in [2.05, 4.69) is 44.2 Å². The Labute approximate surface area is 153 Å². The molecule has 3 aromatic rings. The lowest BCUT2D eigenvalue weighted by Gasteiger charge is -2.19. The van der Waals surface area contributed by atoms with E-state index < -0.39 is 6.03 Å². The number of hydrogen-bond acceptors (Lipinski definition) is 3. The van der Waals surface area contributed by atoms with E-state index in [1.807, 2.05) is 12.1 Å². The van der Waals surface area contributed by atoms with Crippen LogP contribution in [-0.4, -0.2) is 31.2 Å². The summed E-state index contributed by atoms with van der Waals surface area (Å²) in [4.78, 5) is 13.4. The molecule has 0 atom stereocenters. The second-order valence-electron chi connectivity index (χ2n) is 6.52. The summed E-state index contributed by atoms with van der Waals surface area (Å²) in [5.74, 6) is 0.726. The second-order valence-corrected chi connectivity index (χ2v) is 6.52. The smallest absolute Gasteiger partial charge is 0.315 e. The van der Waals surface area contributed by atoms with Crippen LogP contribution in [0.5, 0.6) is 0 Å². The van der Waals surface area contributed by atoms with Crippen molar-refractivity contribution in [2.45, 2.75) is 20.4 Å². The van der Waals surface area contributed by atoms with E-state index in [0.717, 1.165) is 33.4 Å². The SMILES string of the molecule is COCCN(Cc1oc2ccc(C)cc2c1-c1ccc(C)cc1)C(N)=O. The molecular weight excluding hydrogens is 328 g/mol. The zero-order valence-electron chi connectivity index (χ0n) is 15.4. The average Bonchev–Trinajstić information content (AvgIpc) is 2.96. The Balaban J connectivity index is 2.10. The normalized spacial score (nSPS) is 11.0. The van der Waals surface area contributed by atoms with Crippen LogP contribution in [0, 0.1) is 13.8 Å². The molecule has 0 radical (unpaired) electrons. The fourth-order valence-corrected chi connectivity index (χ4v) is 3.05. The Morgan fingerprint density at radius 3 is 2.46 bits per heavy atom. The molecule has 0 bridgehead atoms. The quantitative estimate of drug-likeness (QED) is 0.721. The molecule has 0 fully saturated rings. The van der Waals surface area contributed by atoms with Crippen molar-refractivity contribution in [3.63, 3.8) is 0 Å². The summed E-state index contributed by atoms with van der Waals surface area (Å²) in [5.41, 5.74) is 10.8. The summed E-state index contributed by atoms with van der Waals surface area (Å²) >= 11 is 0. The highest BCUT2D eigenvalue weighted by atomic mass is 16.5. The van der Waals surface area contributed by atoms with Gasteiger partial charge in [-0.05, 0) is 31.5 Å². The molecule has 0 unspecified atom stereocenters. The number of nitrogens with zero attached hydrogens (tertiary/aromatic N) is 1. The van der Waals surface area contributed by atoms with Gasteiger partial charge in [-0.15, -0.1) is 0 Å². The van der Waals surface area contributed by atoms with Crippen LogP contribution in [0.4, 0.5) is 4.79 Å². The van der Waals surface area contributed by atoms with Gasteiger partial charge in [0.15, 0.2) is 0 Å². The number of hydrogen-bond donors (Lipinski definition) is 1. The summed E-state index contributed by atoms with van der Waals surface area (Å²) in [5, 5.41) is 1.04. The lowest BCUT2D eigenvalue weighted by molar-refractivity contribution is 0.148. The largest absolute Gasteiger partial charge is 0.459 e. The Kier molecular flexibility index (Phi) is 5.28. The van der Waals surface area contributed by atoms with Gasteiger partial charge in [0.2, 0.25) is 0 Å². The van der Waals surface area contributed by atoms with E-state index in [0.29, 0.717) is 19.7 Å². The predicted octanol–water partition coefficient (Wildman–Crippen LogP) is 4.24. The maximum atomic E-state index is 11.8. The molecule has 0 saturated heterocycles. The van der Waals surface area contributed by atoms with E-state index in [-0.39, 0.29) is 0 Å². The molecular formula is C21H24N2O3. The molecule has 2 amide bonds. The summed E-state index contributed by atoms with van der Waals surface area (Å²) in [6.07, 6.45) is 0. The highest BCUT2D eigenvalue weighted by Gasteiger charge is 2.20. The molecule has 2 aromatic carbocycles. The first kappa shape index (κ1) is 18.0. The number of carbonyl (C=O) groups is 1. The van der Waals surface area contributed by atoms with Gasteiger partial charge in [0.1, 0.15) is 11.3 Å². The number of methoxy groups -OCH3 is 1. The fourth-order valence-electron chi connectivity index (χ4n) is 3.05. The van der Waals surface area contributed by atoms with Gasteiger partial charge >= 0.3 is 6.03 Å². The number of rotatable bonds is 6. The summed E-state index contributed by atoms with van der Waals surface area (Å²) < 4.78 is 11.2. The minimum absolute atomic E-state index is 0.301. The van der Waals surface area contributed by atoms with Crippen molar-refractivity contribution in [2.75, 3.05) is 20.3 Å². The van der Waals surface area contributed by atoms with Gasteiger partial charge in [0, 0.05) is 24.6 Å². The van der Waals surface area contributed by atoms with E-state index in [1.165, 1.54) is 10.5 Å². The lowest BCUT2D eigenvalue weighted by Crippen LogP contribution is -2.37. The highest BCUT2D eigenvalue weighted by molar-refractivity contribution is 5.96. The van der Waals surface area contributed by atoms with Crippen molar-refractivity contribution >= 4 is 17.0 Å². The van der Waals surface area contributed by atoms with Crippen molar-refractivity contribution in [1.29, 1.82) is 0 Å². The van der Waals surface area contributed by atoms with E-state index >= 15 is 0 Å². The Morgan fingerprint density at radius 2 is 1.81 bits per heavy atom. The molecule has 3 rings (SSSR count). The van der Waals surface area contributed by atoms with Crippen molar-refractivity contribution in [3.8, 4) is 11.1 Å². The van der Waals surface area contributed by atoms with E-state index in [9.17, 15) is 4.79 Å². The Morgan fingerprint density at radius 1 is 1.12 bits per heavy atom. The van der Waals surface area contributed by atoms with Gasteiger partial charge in [0.05, 0.1) is 13.2 Å². The monoisotopic (exact) mass is 352 g/mol. The van der Waals surface area contributed by atoms with Crippen LogP contribution in [0.2, 0.25) is 0 Å². The predicted molar refractivity (Wildman–Crippen MR) is 103 cm³/mol. The van der Waals surface area contributed by atoms with Gasteiger partial charge in [-0.1, -0.05) is 41.5 Å². The third-order valence-corrected chi connectivity index (χ3v) is 4.47. The van der Waals surface area contributed by atoms with Crippen LogP contribution in [-0.2, 0) is 11.3 Å². The number of primary amides is 1. The third-order valence-electron chi connectivity index (χ3n) is 4.47. The molecule has 0 aliphatic rings. The zero-order valence-corrected chi connectivity index (χ0v) is 15.4. The second kappa shape index (κ2) is 7.62. The van der Waals surface area contributed by atoms with Gasteiger partial charge < -0.3 is 19.8 Å². The number of aryl methyl sites for hydroxylation is 2. The summed E-state index contributed by atoms with van der Waals surface area (Å²) in [7, 11) is 1.60. The molecule has 2 N–H and O–H groups in total. The van der Waals surface area contributed by atoms with Gasteiger partial charge in [-0.3, -0.25) is 0 Å². The zero-order chi connectivity index (χ0) is 18.7. The van der Waals surface area contributed by atoms with Gasteiger partial charge in [0.25, 0.3) is 0 Å². The molecule has 26 heavy (non-hydrogen) atoms. The number of amides is 2. The topological polar surface area (TPSA) is 68.7 Å². The molecule has 0 saturated carbocycles. The summed E-state index contributed by atoms with van der Waals surface area (Å²) in [6.45, 7) is 5.24. The molecule has 0 aliphatic carbocycles. The third kappa shape index (κ3) is 3.73. The minimum atomic E-state index is -0.492. The van der Waals surface area contributed by atoms with Crippen molar-refractivity contribution in [3.05, 3.63) is 59.4 Å². The minimum Gasteiger partial charge on any atom is -0.459 e. The van der Waals surface area contributed by atoms with Gasteiger partial charge in [-0.2, -0.15) is 0 Å². The Bertz CT molecular complexity index is 913. The molecule has 0 aliphatic heterocycles. The first-order valence-corrected chi connectivity index (χ1v) is 8.62. The number of furan rings is 1. The van der Waals surface area contributed by atoms with Crippen molar-refractivity contribution < 1.29 is 13.9 Å². The molecule has 1 aromatic heterocycles. The van der Waals surface area contributed by atoms with Crippen LogP contribution < -0.4 is 5.73 Å². The number of nitrogens with two attached hydrogens (primary N) is 1. The number of urea groups is 1. The first-order chi connectivity index (χ1) is 12.5. The molecule has 1 heterocycles. The van der Waals surface area contributed by atoms with Crippen molar-refractivity contribution in [2.24, 2.45) is 5.73 Å². The number of ether oxygens (including phenoxy) is 1. The van der Waals surface area contributed by atoms with Crippen LogP contribution in [0.1, 0.15) is 16.9 Å². The standard InChI is InChI=1S/C21H24N2O3/c1-14-4-7-16(8-5-14)20-17-12-15(2)6-9-18(17)26-19(20)13-23(21(22)24)10-11-25-3/h4-9,12H,10-11,13H2,1-3H3,(H2,22,24). The van der Waals surface area contributed by atoms with E-state index in [4.69, 9.17) is 14.9 Å². The molecule has 5 heteroatoms. The van der Waals surface area contributed by atoms with Gasteiger partial charge in [-0.25, -0.2) is 4.79 Å². The molecule has 136 valence electrons. The maximum Gasteiger partial charge on any atom is 0.315 e. The maximum absolute atomic E-state index is 11.8. The average molecular weight is 352 g/mol. The molecule has 5 nitrogen and oxygen atoms in total. The van der Waals surface area contributed by atoms with Crippen LogP contribution in [0.3, 0.4) is 0 Å². The summed E-state index contributed by atoms with van der Waals surface area (Å²) in [6, 6.07) is 13.9. The number of benzene rings is 2. The van der Waals surface area contributed by atoms with Crippen LogP contribution in [0.25, 0.3) is 22.1 Å². The van der Waals surface area contributed by atoms with E-state index in [1.54, 1.807) is 7.11 Å². The van der Waals surface area contributed by atoms with Crippen LogP contribution in [0.15, 0.2) is 46.9 Å². The number of carbonyl (C=O) groups excluding carboxylic acids is 1. The lowest BCUT2D eigenvalue weighted by atomic mass is 9.99. The first-order valence-electron chi connectivity index (χ1n) is 8.62. The van der Waals surface area contributed by atoms with Crippen molar-refractivity contribution in [1.82, 2.24) is 4.90 Å². The highest BCUT2D eigenvalue weighted by Crippen LogP contribution is 2.36. The van der Waals surface area contributed by atoms with Crippen LogP contribution >= 0.6 is 0 Å².